The summed E-state index contributed by atoms with van der Waals surface area (Å²) in [4.78, 5) is 30.4. The van der Waals surface area contributed by atoms with E-state index in [1.165, 1.54) is 0 Å². The SMILES string of the molecule is Cc1ccc(N2C(=O)C(Cl)=C(N3CCN(CCO)CC3)C2=O)cc1. The van der Waals surface area contributed by atoms with Gasteiger partial charge in [0.15, 0.2) is 0 Å². The van der Waals surface area contributed by atoms with E-state index >= 15 is 0 Å². The second-order valence-corrected chi connectivity index (χ2v) is 6.37. The third kappa shape index (κ3) is 3.05. The number of β-amino-alcohol motifs (C(OH)–C–C–N with tert-alkyl or cyclic N) is 1. The van der Waals surface area contributed by atoms with Crippen LogP contribution >= 0.6 is 11.6 Å². The van der Waals surface area contributed by atoms with E-state index in [1.807, 2.05) is 24.0 Å². The molecule has 0 aromatic heterocycles. The highest BCUT2D eigenvalue weighted by Crippen LogP contribution is 2.31. The van der Waals surface area contributed by atoms with Crippen LogP contribution in [0.1, 0.15) is 5.56 Å². The zero-order valence-corrected chi connectivity index (χ0v) is 14.3. The summed E-state index contributed by atoms with van der Waals surface area (Å²) in [6.45, 7) is 5.32. The van der Waals surface area contributed by atoms with Crippen molar-refractivity contribution >= 4 is 29.1 Å². The molecule has 0 saturated carbocycles. The number of carbonyl (C=O) groups is 2. The van der Waals surface area contributed by atoms with Crippen LogP contribution in [-0.2, 0) is 9.59 Å². The lowest BCUT2D eigenvalue weighted by atomic mass is 10.2. The lowest BCUT2D eigenvalue weighted by Crippen LogP contribution is -2.48. The Morgan fingerprint density at radius 3 is 2.25 bits per heavy atom. The number of hydrogen-bond acceptors (Lipinski definition) is 5. The van der Waals surface area contributed by atoms with E-state index in [0.717, 1.165) is 23.6 Å². The van der Waals surface area contributed by atoms with E-state index in [9.17, 15) is 9.59 Å². The van der Waals surface area contributed by atoms with Gasteiger partial charge in [0.25, 0.3) is 11.8 Å². The molecule has 1 aromatic carbocycles. The molecule has 7 heteroatoms. The molecule has 1 aromatic rings. The molecule has 6 nitrogen and oxygen atoms in total. The summed E-state index contributed by atoms with van der Waals surface area (Å²) < 4.78 is 0. The predicted molar refractivity (Wildman–Crippen MR) is 91.6 cm³/mol. The fourth-order valence-electron chi connectivity index (χ4n) is 3.03. The normalized spacial score (nSPS) is 19.6. The summed E-state index contributed by atoms with van der Waals surface area (Å²) >= 11 is 6.20. The first-order valence-electron chi connectivity index (χ1n) is 7.96. The van der Waals surface area contributed by atoms with Crippen LogP contribution < -0.4 is 4.90 Å². The quantitative estimate of drug-likeness (QED) is 0.819. The Morgan fingerprint density at radius 2 is 1.67 bits per heavy atom. The first kappa shape index (κ1) is 17.0. The maximum absolute atomic E-state index is 12.8. The standard InChI is InChI=1S/C17H20ClN3O3/c1-12-2-4-13(5-3-12)21-16(23)14(18)15(17(21)24)20-8-6-19(7-9-20)10-11-22/h2-5,22H,6-11H2,1H3. The van der Waals surface area contributed by atoms with Gasteiger partial charge in [0.1, 0.15) is 10.7 Å². The molecule has 0 spiro atoms. The van der Waals surface area contributed by atoms with E-state index in [1.54, 1.807) is 12.1 Å². The zero-order chi connectivity index (χ0) is 17.3. The Hall–Kier alpha value is -1.89. The molecule has 128 valence electrons. The van der Waals surface area contributed by atoms with Crippen molar-refractivity contribution in [3.8, 4) is 0 Å². The number of aliphatic hydroxyl groups is 1. The maximum atomic E-state index is 12.8. The number of piperazine rings is 1. The number of nitrogens with zero attached hydrogens (tertiary/aromatic N) is 3. The molecular formula is C17H20ClN3O3. The van der Waals surface area contributed by atoms with Crippen LogP contribution in [-0.4, -0.2) is 66.1 Å². The highest BCUT2D eigenvalue weighted by atomic mass is 35.5. The van der Waals surface area contributed by atoms with Gasteiger partial charge in [-0.1, -0.05) is 29.3 Å². The average Bonchev–Trinajstić information content (AvgIpc) is 2.80. The lowest BCUT2D eigenvalue weighted by Gasteiger charge is -2.35. The maximum Gasteiger partial charge on any atom is 0.283 e. The number of imide groups is 1. The number of amides is 2. The number of anilines is 1. The smallest absolute Gasteiger partial charge is 0.283 e. The van der Waals surface area contributed by atoms with Gasteiger partial charge in [-0.3, -0.25) is 14.5 Å². The van der Waals surface area contributed by atoms with Crippen molar-refractivity contribution in [2.45, 2.75) is 6.92 Å². The molecular weight excluding hydrogens is 330 g/mol. The molecule has 1 saturated heterocycles. The minimum absolute atomic E-state index is 0.0174. The van der Waals surface area contributed by atoms with Crippen LogP contribution in [0.2, 0.25) is 0 Å². The van der Waals surface area contributed by atoms with Crippen molar-refractivity contribution in [2.75, 3.05) is 44.2 Å². The number of aliphatic hydroxyl groups excluding tert-OH is 1. The van der Waals surface area contributed by atoms with Crippen molar-refractivity contribution in [3.05, 3.63) is 40.6 Å². The van der Waals surface area contributed by atoms with Gasteiger partial charge in [0.2, 0.25) is 0 Å². The lowest BCUT2D eigenvalue weighted by molar-refractivity contribution is -0.121. The van der Waals surface area contributed by atoms with Gasteiger partial charge >= 0.3 is 0 Å². The number of carbonyl (C=O) groups excluding carboxylic acids is 2. The minimum atomic E-state index is -0.474. The molecule has 2 heterocycles. The van der Waals surface area contributed by atoms with Gasteiger partial charge in [-0.2, -0.15) is 0 Å². The van der Waals surface area contributed by atoms with Crippen molar-refractivity contribution in [1.82, 2.24) is 9.80 Å². The van der Waals surface area contributed by atoms with Gasteiger partial charge in [0, 0.05) is 32.7 Å². The van der Waals surface area contributed by atoms with Crippen LogP contribution in [0.5, 0.6) is 0 Å². The Labute approximate surface area is 145 Å². The summed E-state index contributed by atoms with van der Waals surface area (Å²) in [5.74, 6) is -0.845. The van der Waals surface area contributed by atoms with Crippen molar-refractivity contribution in [1.29, 1.82) is 0 Å². The number of rotatable bonds is 4. The Bertz CT molecular complexity index is 679. The van der Waals surface area contributed by atoms with Gasteiger partial charge in [0.05, 0.1) is 12.3 Å². The molecule has 0 unspecified atom stereocenters. The predicted octanol–water partition coefficient (Wildman–Crippen LogP) is 0.929. The third-order valence-electron chi connectivity index (χ3n) is 4.40. The number of benzene rings is 1. The van der Waals surface area contributed by atoms with E-state index in [-0.39, 0.29) is 23.2 Å². The van der Waals surface area contributed by atoms with Gasteiger partial charge < -0.3 is 10.0 Å². The monoisotopic (exact) mass is 349 g/mol. The minimum Gasteiger partial charge on any atom is -0.395 e. The fourth-order valence-corrected chi connectivity index (χ4v) is 3.32. The average molecular weight is 350 g/mol. The third-order valence-corrected chi connectivity index (χ3v) is 4.74. The molecule has 0 atom stereocenters. The Balaban J connectivity index is 1.78. The molecule has 3 rings (SSSR count). The molecule has 24 heavy (non-hydrogen) atoms. The number of aryl methyl sites for hydroxylation is 1. The topological polar surface area (TPSA) is 64.1 Å². The van der Waals surface area contributed by atoms with Crippen LogP contribution in [0.15, 0.2) is 35.0 Å². The van der Waals surface area contributed by atoms with Crippen LogP contribution in [0.3, 0.4) is 0 Å². The summed E-state index contributed by atoms with van der Waals surface area (Å²) in [6, 6.07) is 7.21. The van der Waals surface area contributed by atoms with Crippen molar-refractivity contribution < 1.29 is 14.7 Å². The number of halogens is 1. The van der Waals surface area contributed by atoms with E-state index < -0.39 is 5.91 Å². The second-order valence-electron chi connectivity index (χ2n) is 6.00. The van der Waals surface area contributed by atoms with Crippen molar-refractivity contribution in [2.24, 2.45) is 0 Å². The Morgan fingerprint density at radius 1 is 1.04 bits per heavy atom. The molecule has 2 aliphatic rings. The van der Waals surface area contributed by atoms with Crippen LogP contribution in [0, 0.1) is 6.92 Å². The molecule has 0 bridgehead atoms. The molecule has 2 amide bonds. The first-order chi connectivity index (χ1) is 11.5. The van der Waals surface area contributed by atoms with E-state index in [0.29, 0.717) is 25.3 Å². The molecule has 1 N–H and O–H groups in total. The molecule has 1 fully saturated rings. The summed E-state index contributed by atoms with van der Waals surface area (Å²) in [5, 5.41) is 8.99. The highest BCUT2D eigenvalue weighted by molar-refractivity contribution is 6.52. The largest absolute Gasteiger partial charge is 0.395 e. The number of hydrogen-bond donors (Lipinski definition) is 1. The Kier molecular flexibility index (Phi) is 4.89. The molecule has 0 aliphatic carbocycles. The van der Waals surface area contributed by atoms with E-state index in [2.05, 4.69) is 4.90 Å². The van der Waals surface area contributed by atoms with E-state index in [4.69, 9.17) is 16.7 Å². The van der Waals surface area contributed by atoms with Gasteiger partial charge in [-0.25, -0.2) is 4.90 Å². The molecule has 0 radical (unpaired) electrons. The summed E-state index contributed by atoms with van der Waals surface area (Å²) in [6.07, 6.45) is 0. The van der Waals surface area contributed by atoms with Crippen LogP contribution in [0.25, 0.3) is 0 Å². The highest BCUT2D eigenvalue weighted by Gasteiger charge is 2.41. The van der Waals surface area contributed by atoms with Gasteiger partial charge in [-0.15, -0.1) is 0 Å². The second kappa shape index (κ2) is 6.93. The fraction of sp³-hybridized carbons (Fsp3) is 0.412. The first-order valence-corrected chi connectivity index (χ1v) is 8.34. The summed E-state index contributed by atoms with van der Waals surface area (Å²) in [7, 11) is 0. The van der Waals surface area contributed by atoms with Crippen LogP contribution in [0.4, 0.5) is 5.69 Å². The van der Waals surface area contributed by atoms with Gasteiger partial charge in [-0.05, 0) is 19.1 Å². The van der Waals surface area contributed by atoms with Crippen molar-refractivity contribution in [3.63, 3.8) is 0 Å². The summed E-state index contributed by atoms with van der Waals surface area (Å²) in [5.41, 5.74) is 1.87. The molecule has 2 aliphatic heterocycles. The zero-order valence-electron chi connectivity index (χ0n) is 13.5.